The molecule has 0 saturated carbocycles. The third-order valence-electron chi connectivity index (χ3n) is 2.62. The maximum absolute atomic E-state index is 11.4. The topological polar surface area (TPSA) is 90.6 Å². The third kappa shape index (κ3) is 7.81. The van der Waals surface area contributed by atoms with Crippen LogP contribution in [0.5, 0.6) is 5.75 Å². The number of anilines is 1. The Morgan fingerprint density at radius 2 is 2.05 bits per heavy atom. The summed E-state index contributed by atoms with van der Waals surface area (Å²) in [5, 5.41) is 2.68. The Morgan fingerprint density at radius 1 is 1.29 bits per heavy atom. The molecule has 21 heavy (non-hydrogen) atoms. The first-order chi connectivity index (χ1) is 9.97. The van der Waals surface area contributed by atoms with Gasteiger partial charge in [0.2, 0.25) is 0 Å². The van der Waals surface area contributed by atoms with Crippen LogP contribution >= 0.6 is 0 Å². The van der Waals surface area contributed by atoms with Gasteiger partial charge in [-0.1, -0.05) is 19.9 Å². The molecule has 0 heterocycles. The summed E-state index contributed by atoms with van der Waals surface area (Å²) in [6, 6.07) is 6.72. The van der Waals surface area contributed by atoms with Crippen molar-refractivity contribution in [2.45, 2.75) is 20.3 Å². The minimum atomic E-state index is -0.601. The highest BCUT2D eigenvalue weighted by molar-refractivity contribution is 5.80. The summed E-state index contributed by atoms with van der Waals surface area (Å²) in [5.41, 5.74) is 6.13. The van der Waals surface area contributed by atoms with Crippen molar-refractivity contribution in [3.05, 3.63) is 24.3 Å². The van der Waals surface area contributed by atoms with Crippen LogP contribution in [0.15, 0.2) is 24.3 Å². The van der Waals surface area contributed by atoms with Crippen LogP contribution in [-0.4, -0.2) is 31.6 Å². The third-order valence-corrected chi connectivity index (χ3v) is 2.62. The van der Waals surface area contributed by atoms with Crippen LogP contribution < -0.4 is 15.8 Å². The fourth-order valence-electron chi connectivity index (χ4n) is 1.49. The number of esters is 1. The lowest BCUT2D eigenvalue weighted by atomic mass is 10.1. The normalized spacial score (nSPS) is 10.2. The summed E-state index contributed by atoms with van der Waals surface area (Å²) in [7, 11) is 0. The second-order valence-corrected chi connectivity index (χ2v) is 5.05. The van der Waals surface area contributed by atoms with Gasteiger partial charge in [0.05, 0.1) is 0 Å². The molecular formula is C15H22N2O4. The van der Waals surface area contributed by atoms with Crippen LogP contribution in [-0.2, 0) is 14.3 Å². The molecule has 0 fully saturated rings. The first-order valence-corrected chi connectivity index (χ1v) is 6.88. The maximum atomic E-state index is 11.4. The molecule has 0 atom stereocenters. The van der Waals surface area contributed by atoms with Crippen LogP contribution in [0, 0.1) is 5.92 Å². The predicted octanol–water partition coefficient (Wildman–Crippen LogP) is 1.35. The number of carbonyl (C=O) groups excluding carboxylic acids is 2. The van der Waals surface area contributed by atoms with Gasteiger partial charge in [0.25, 0.3) is 5.91 Å². The lowest BCUT2D eigenvalue weighted by molar-refractivity contribution is -0.150. The molecule has 0 unspecified atom stereocenters. The number of ether oxygens (including phenoxy) is 2. The van der Waals surface area contributed by atoms with Gasteiger partial charge in [-0.2, -0.15) is 0 Å². The van der Waals surface area contributed by atoms with Crippen LogP contribution in [0.25, 0.3) is 0 Å². The van der Waals surface area contributed by atoms with Crippen molar-refractivity contribution in [1.82, 2.24) is 5.32 Å². The number of benzene rings is 1. The second-order valence-electron chi connectivity index (χ2n) is 5.05. The molecule has 0 aliphatic carbocycles. The van der Waals surface area contributed by atoms with Crippen molar-refractivity contribution in [2.75, 3.05) is 25.5 Å². The number of amides is 1. The minimum absolute atomic E-state index is 0.261. The Kier molecular flexibility index (Phi) is 7.08. The fraction of sp³-hybridized carbons (Fsp3) is 0.467. The highest BCUT2D eigenvalue weighted by Gasteiger charge is 2.08. The molecular weight excluding hydrogens is 272 g/mol. The second kappa shape index (κ2) is 8.84. The Hall–Kier alpha value is -2.24. The summed E-state index contributed by atoms with van der Waals surface area (Å²) in [4.78, 5) is 22.8. The molecule has 0 aliphatic heterocycles. The average Bonchev–Trinajstić information content (AvgIpc) is 2.42. The molecule has 0 aliphatic rings. The molecule has 6 nitrogen and oxygen atoms in total. The van der Waals surface area contributed by atoms with Crippen LogP contribution in [0.2, 0.25) is 0 Å². The first kappa shape index (κ1) is 16.8. The summed E-state index contributed by atoms with van der Waals surface area (Å²) in [5.74, 6) is 0.0808. The van der Waals surface area contributed by atoms with Gasteiger partial charge in [0, 0.05) is 18.3 Å². The number of carbonyl (C=O) groups is 2. The summed E-state index contributed by atoms with van der Waals surface area (Å²) in [6.07, 6.45) is 0.887. The van der Waals surface area contributed by atoms with E-state index in [2.05, 4.69) is 19.2 Å². The zero-order chi connectivity index (χ0) is 15.7. The lowest BCUT2D eigenvalue weighted by Gasteiger charge is -2.09. The van der Waals surface area contributed by atoms with Crippen LogP contribution in [0.3, 0.4) is 0 Å². The van der Waals surface area contributed by atoms with Crippen molar-refractivity contribution in [3.8, 4) is 5.75 Å². The van der Waals surface area contributed by atoms with Gasteiger partial charge in [-0.3, -0.25) is 4.79 Å². The highest BCUT2D eigenvalue weighted by Crippen LogP contribution is 2.14. The number of rotatable bonds is 8. The van der Waals surface area contributed by atoms with E-state index in [1.54, 1.807) is 24.3 Å². The van der Waals surface area contributed by atoms with Crippen molar-refractivity contribution in [2.24, 2.45) is 5.92 Å². The van der Waals surface area contributed by atoms with E-state index >= 15 is 0 Å². The Morgan fingerprint density at radius 3 is 2.71 bits per heavy atom. The average molecular weight is 294 g/mol. The van der Waals surface area contributed by atoms with E-state index in [0.29, 0.717) is 23.9 Å². The molecule has 3 N–H and O–H groups in total. The Labute approximate surface area is 124 Å². The molecule has 0 saturated heterocycles. The molecule has 1 aromatic rings. The lowest BCUT2D eigenvalue weighted by Crippen LogP contribution is -2.31. The van der Waals surface area contributed by atoms with Crippen molar-refractivity contribution < 1.29 is 19.1 Å². The number of nitrogen functional groups attached to an aromatic ring is 1. The highest BCUT2D eigenvalue weighted by atomic mass is 16.6. The van der Waals surface area contributed by atoms with E-state index in [4.69, 9.17) is 15.2 Å². The van der Waals surface area contributed by atoms with Crippen molar-refractivity contribution >= 4 is 17.6 Å². The van der Waals surface area contributed by atoms with E-state index in [1.807, 2.05) is 0 Å². The van der Waals surface area contributed by atoms with Gasteiger partial charge in [-0.05, 0) is 24.5 Å². The van der Waals surface area contributed by atoms with Gasteiger partial charge in [0.1, 0.15) is 5.75 Å². The van der Waals surface area contributed by atoms with E-state index in [-0.39, 0.29) is 19.1 Å². The Balaban J connectivity index is 2.17. The Bertz CT molecular complexity index is 474. The monoisotopic (exact) mass is 294 g/mol. The number of nitrogens with one attached hydrogen (secondary N) is 1. The van der Waals surface area contributed by atoms with Gasteiger partial charge < -0.3 is 20.5 Å². The van der Waals surface area contributed by atoms with Gasteiger partial charge in [-0.25, -0.2) is 4.79 Å². The smallest absolute Gasteiger partial charge is 0.344 e. The zero-order valence-corrected chi connectivity index (χ0v) is 12.4. The van der Waals surface area contributed by atoms with Crippen molar-refractivity contribution in [3.63, 3.8) is 0 Å². The quantitative estimate of drug-likeness (QED) is 0.558. The molecule has 0 bridgehead atoms. The van der Waals surface area contributed by atoms with Crippen molar-refractivity contribution in [1.29, 1.82) is 0 Å². The van der Waals surface area contributed by atoms with Gasteiger partial charge in [-0.15, -0.1) is 0 Å². The number of nitrogens with two attached hydrogens (primary N) is 1. The molecule has 1 amide bonds. The predicted molar refractivity (Wildman–Crippen MR) is 79.8 cm³/mol. The summed E-state index contributed by atoms with van der Waals surface area (Å²) < 4.78 is 10.0. The zero-order valence-electron chi connectivity index (χ0n) is 12.4. The molecule has 0 spiro atoms. The van der Waals surface area contributed by atoms with Crippen LogP contribution in [0.4, 0.5) is 5.69 Å². The number of hydrogen-bond acceptors (Lipinski definition) is 5. The summed E-state index contributed by atoms with van der Waals surface area (Å²) >= 11 is 0. The van der Waals surface area contributed by atoms with Gasteiger partial charge >= 0.3 is 5.97 Å². The fourth-order valence-corrected chi connectivity index (χ4v) is 1.49. The van der Waals surface area contributed by atoms with Gasteiger partial charge in [0.15, 0.2) is 13.2 Å². The molecule has 1 rings (SSSR count). The number of hydrogen-bond donors (Lipinski definition) is 2. The minimum Gasteiger partial charge on any atom is -0.482 e. The standard InChI is InChI=1S/C15H22N2O4/c1-11(2)6-7-17-14(18)9-21-15(19)10-20-13-5-3-4-12(16)8-13/h3-5,8,11H,6-7,9-10,16H2,1-2H3,(H,17,18). The van der Waals surface area contributed by atoms with E-state index < -0.39 is 5.97 Å². The van der Waals surface area contributed by atoms with E-state index in [0.717, 1.165) is 6.42 Å². The first-order valence-electron chi connectivity index (χ1n) is 6.88. The molecule has 0 aromatic heterocycles. The summed E-state index contributed by atoms with van der Waals surface area (Å²) in [6.45, 7) is 4.16. The molecule has 6 heteroatoms. The largest absolute Gasteiger partial charge is 0.482 e. The SMILES string of the molecule is CC(C)CCNC(=O)COC(=O)COc1cccc(N)c1. The molecule has 1 aromatic carbocycles. The molecule has 116 valence electrons. The van der Waals surface area contributed by atoms with E-state index in [9.17, 15) is 9.59 Å². The van der Waals surface area contributed by atoms with E-state index in [1.165, 1.54) is 0 Å². The maximum Gasteiger partial charge on any atom is 0.344 e. The molecule has 0 radical (unpaired) electrons. The van der Waals surface area contributed by atoms with Crippen LogP contribution in [0.1, 0.15) is 20.3 Å².